The molecule has 1 rings (SSSR count). The molecule has 0 radical (unpaired) electrons. The van der Waals surface area contributed by atoms with Crippen molar-refractivity contribution in [2.45, 2.75) is 33.2 Å². The van der Waals surface area contributed by atoms with E-state index < -0.39 is 5.97 Å². The minimum absolute atomic E-state index is 0.183. The molecule has 3 heteroatoms. The van der Waals surface area contributed by atoms with Gasteiger partial charge in [0, 0.05) is 13.0 Å². The number of aliphatic carboxylic acids is 1. The van der Waals surface area contributed by atoms with E-state index in [0.717, 1.165) is 11.1 Å². The summed E-state index contributed by atoms with van der Waals surface area (Å²) in [6.07, 6.45) is 0.766. The third-order valence-corrected chi connectivity index (χ3v) is 1.89. The highest BCUT2D eigenvalue weighted by Gasteiger charge is 1.98. The fraction of sp³-hybridized carbons (Fsp3) is 0.417. The highest BCUT2D eigenvalue weighted by Crippen LogP contribution is 2.05. The number of aryl methyl sites for hydroxylation is 1. The third kappa shape index (κ3) is 5.86. The molecule has 0 aliphatic heterocycles. The van der Waals surface area contributed by atoms with Gasteiger partial charge in [0.2, 0.25) is 0 Å². The predicted molar refractivity (Wildman–Crippen MR) is 61.6 cm³/mol. The van der Waals surface area contributed by atoms with E-state index in [1.54, 1.807) is 0 Å². The van der Waals surface area contributed by atoms with Crippen LogP contribution in [0.4, 0.5) is 0 Å². The van der Waals surface area contributed by atoms with Crippen LogP contribution >= 0.6 is 0 Å². The molecule has 0 unspecified atom stereocenters. The molecule has 0 aromatic heterocycles. The summed E-state index contributed by atoms with van der Waals surface area (Å²) in [6.45, 7) is 4.53. The second-order valence-corrected chi connectivity index (χ2v) is 2.91. The SMILES string of the molecule is CC.NCc1ccc(CCC(=O)O)cc1. The molecule has 84 valence electrons. The maximum absolute atomic E-state index is 10.3. The summed E-state index contributed by atoms with van der Waals surface area (Å²) in [5, 5.41) is 8.46. The van der Waals surface area contributed by atoms with Crippen molar-refractivity contribution in [2.24, 2.45) is 5.73 Å². The monoisotopic (exact) mass is 209 g/mol. The molecule has 0 saturated carbocycles. The van der Waals surface area contributed by atoms with Crippen LogP contribution in [0.2, 0.25) is 0 Å². The van der Waals surface area contributed by atoms with Gasteiger partial charge in [-0.3, -0.25) is 4.79 Å². The molecule has 0 fully saturated rings. The fourth-order valence-corrected chi connectivity index (χ4v) is 1.09. The Bertz CT molecular complexity index is 280. The smallest absolute Gasteiger partial charge is 0.303 e. The van der Waals surface area contributed by atoms with Gasteiger partial charge in [0.05, 0.1) is 0 Å². The lowest BCUT2D eigenvalue weighted by Crippen LogP contribution is -1.99. The van der Waals surface area contributed by atoms with Crippen LogP contribution in [0.3, 0.4) is 0 Å². The first-order valence-electron chi connectivity index (χ1n) is 5.22. The van der Waals surface area contributed by atoms with E-state index >= 15 is 0 Å². The number of benzene rings is 1. The molecular formula is C12H19NO2. The van der Waals surface area contributed by atoms with Crippen molar-refractivity contribution < 1.29 is 9.90 Å². The van der Waals surface area contributed by atoms with Crippen molar-refractivity contribution in [3.8, 4) is 0 Å². The van der Waals surface area contributed by atoms with Crippen molar-refractivity contribution in [3.05, 3.63) is 35.4 Å². The topological polar surface area (TPSA) is 63.3 Å². The van der Waals surface area contributed by atoms with Crippen LogP contribution in [0.5, 0.6) is 0 Å². The molecule has 0 amide bonds. The number of carboxylic acid groups (broad SMARTS) is 1. The first-order chi connectivity index (χ1) is 7.22. The van der Waals surface area contributed by atoms with Crippen LogP contribution in [0.15, 0.2) is 24.3 Å². The molecule has 0 aliphatic rings. The molecule has 15 heavy (non-hydrogen) atoms. The molecule has 1 aromatic carbocycles. The van der Waals surface area contributed by atoms with Crippen molar-refractivity contribution in [1.82, 2.24) is 0 Å². The van der Waals surface area contributed by atoms with Gasteiger partial charge in [0.25, 0.3) is 0 Å². The van der Waals surface area contributed by atoms with Gasteiger partial charge in [0.15, 0.2) is 0 Å². The Morgan fingerprint density at radius 1 is 1.20 bits per heavy atom. The van der Waals surface area contributed by atoms with Crippen LogP contribution in [0.25, 0.3) is 0 Å². The average molecular weight is 209 g/mol. The van der Waals surface area contributed by atoms with Gasteiger partial charge >= 0.3 is 5.97 Å². The van der Waals surface area contributed by atoms with E-state index in [0.29, 0.717) is 13.0 Å². The third-order valence-electron chi connectivity index (χ3n) is 1.89. The molecule has 0 spiro atoms. The second kappa shape index (κ2) is 8.00. The lowest BCUT2D eigenvalue weighted by atomic mass is 10.1. The maximum Gasteiger partial charge on any atom is 0.303 e. The Morgan fingerprint density at radius 3 is 2.07 bits per heavy atom. The Labute approximate surface area is 90.9 Å². The molecule has 0 aliphatic carbocycles. The van der Waals surface area contributed by atoms with Gasteiger partial charge in [-0.15, -0.1) is 0 Å². The highest BCUT2D eigenvalue weighted by molar-refractivity contribution is 5.67. The van der Waals surface area contributed by atoms with Gasteiger partial charge in [-0.05, 0) is 17.5 Å². The Kier molecular flexibility index (Phi) is 7.28. The average Bonchev–Trinajstić information content (AvgIpc) is 2.30. The predicted octanol–water partition coefficient (Wildman–Crippen LogP) is 2.19. The molecule has 0 heterocycles. The van der Waals surface area contributed by atoms with Crippen LogP contribution in [-0.2, 0) is 17.8 Å². The number of hydrogen-bond donors (Lipinski definition) is 2. The van der Waals surface area contributed by atoms with E-state index in [2.05, 4.69) is 0 Å². The van der Waals surface area contributed by atoms with Crippen LogP contribution in [0, 0.1) is 0 Å². The number of nitrogens with two attached hydrogens (primary N) is 1. The number of carbonyl (C=O) groups is 1. The number of carboxylic acids is 1. The minimum Gasteiger partial charge on any atom is -0.481 e. The van der Waals surface area contributed by atoms with Crippen molar-refractivity contribution in [2.75, 3.05) is 0 Å². The van der Waals surface area contributed by atoms with E-state index in [4.69, 9.17) is 10.8 Å². The van der Waals surface area contributed by atoms with Crippen molar-refractivity contribution in [1.29, 1.82) is 0 Å². The summed E-state index contributed by atoms with van der Waals surface area (Å²) in [7, 11) is 0. The highest BCUT2D eigenvalue weighted by atomic mass is 16.4. The van der Waals surface area contributed by atoms with Crippen LogP contribution < -0.4 is 5.73 Å². The van der Waals surface area contributed by atoms with Crippen molar-refractivity contribution in [3.63, 3.8) is 0 Å². The van der Waals surface area contributed by atoms with E-state index in [1.165, 1.54) is 0 Å². The van der Waals surface area contributed by atoms with Gasteiger partial charge in [-0.2, -0.15) is 0 Å². The summed E-state index contributed by atoms with van der Waals surface area (Å²) < 4.78 is 0. The first-order valence-corrected chi connectivity index (χ1v) is 5.22. The van der Waals surface area contributed by atoms with Gasteiger partial charge < -0.3 is 10.8 Å². The summed E-state index contributed by atoms with van der Waals surface area (Å²) in [6, 6.07) is 7.70. The largest absolute Gasteiger partial charge is 0.481 e. The molecule has 1 aromatic rings. The van der Waals surface area contributed by atoms with Gasteiger partial charge in [-0.25, -0.2) is 0 Å². The maximum atomic E-state index is 10.3. The molecule has 3 N–H and O–H groups in total. The Balaban J connectivity index is 0.000000921. The first kappa shape index (κ1) is 13.7. The molecule has 0 bridgehead atoms. The number of rotatable bonds is 4. The number of hydrogen-bond acceptors (Lipinski definition) is 2. The summed E-state index contributed by atoms with van der Waals surface area (Å²) in [5.74, 6) is -0.761. The quantitative estimate of drug-likeness (QED) is 0.799. The molecule has 0 atom stereocenters. The van der Waals surface area contributed by atoms with Crippen LogP contribution in [-0.4, -0.2) is 11.1 Å². The minimum atomic E-state index is -0.761. The molecule has 0 saturated heterocycles. The van der Waals surface area contributed by atoms with Gasteiger partial charge in [0.1, 0.15) is 0 Å². The van der Waals surface area contributed by atoms with Gasteiger partial charge in [-0.1, -0.05) is 38.1 Å². The van der Waals surface area contributed by atoms with Crippen LogP contribution in [0.1, 0.15) is 31.4 Å². The van der Waals surface area contributed by atoms with Crippen molar-refractivity contribution >= 4 is 5.97 Å². The zero-order chi connectivity index (χ0) is 11.7. The Morgan fingerprint density at radius 2 is 1.67 bits per heavy atom. The zero-order valence-corrected chi connectivity index (χ0v) is 9.36. The molecule has 3 nitrogen and oxygen atoms in total. The Hall–Kier alpha value is -1.35. The fourth-order valence-electron chi connectivity index (χ4n) is 1.09. The summed E-state index contributed by atoms with van der Waals surface area (Å²) in [5.41, 5.74) is 7.54. The second-order valence-electron chi connectivity index (χ2n) is 2.91. The lowest BCUT2D eigenvalue weighted by molar-refractivity contribution is -0.136. The standard InChI is InChI=1S/C10H13NO2.C2H6/c11-7-9-3-1-8(2-4-9)5-6-10(12)13;1-2/h1-4H,5-7,11H2,(H,12,13);1-2H3. The zero-order valence-electron chi connectivity index (χ0n) is 9.36. The van der Waals surface area contributed by atoms with E-state index in [9.17, 15) is 4.79 Å². The lowest BCUT2D eigenvalue weighted by Gasteiger charge is -2.00. The summed E-state index contributed by atoms with van der Waals surface area (Å²) in [4.78, 5) is 10.3. The summed E-state index contributed by atoms with van der Waals surface area (Å²) >= 11 is 0. The van der Waals surface area contributed by atoms with E-state index in [-0.39, 0.29) is 6.42 Å². The van der Waals surface area contributed by atoms with E-state index in [1.807, 2.05) is 38.1 Å². The normalized spacial score (nSPS) is 9.00. The molecular weight excluding hydrogens is 190 g/mol.